The number of rotatable bonds is 5. The summed E-state index contributed by atoms with van der Waals surface area (Å²) in [6, 6.07) is 20.7. The molecule has 1 aliphatic heterocycles. The maximum atomic E-state index is 4.47. The normalized spacial score (nSPS) is 22.6. The number of aryl methyl sites for hydroxylation is 1. The minimum Gasteiger partial charge on any atom is -0.354 e. The second-order valence-corrected chi connectivity index (χ2v) is 8.26. The predicted molar refractivity (Wildman–Crippen MR) is 132 cm³/mol. The largest absolute Gasteiger partial charge is 0.354 e. The molecule has 2 fully saturated rings. The number of halogens is 1. The van der Waals surface area contributed by atoms with Crippen LogP contribution in [0.3, 0.4) is 0 Å². The molecule has 2 aromatic carbocycles. The topological polar surface area (TPSA) is 39.7 Å². The number of hydrogen-bond acceptors (Lipinski definition) is 2. The Morgan fingerprint density at radius 2 is 1.79 bits per heavy atom. The number of likely N-dealkylation sites (tertiary alicyclic amines) is 1. The number of aliphatic imine (C=N–C) groups is 1. The van der Waals surface area contributed by atoms with E-state index in [4.69, 9.17) is 0 Å². The second kappa shape index (κ2) is 10.4. The van der Waals surface area contributed by atoms with Gasteiger partial charge >= 0.3 is 0 Å². The fraction of sp³-hybridized carbons (Fsp3) is 0.458. The molecule has 2 unspecified atom stereocenters. The average molecular weight is 504 g/mol. The summed E-state index contributed by atoms with van der Waals surface area (Å²) in [6.45, 7) is 5.50. The smallest absolute Gasteiger partial charge is 0.191 e. The maximum Gasteiger partial charge on any atom is 0.191 e. The van der Waals surface area contributed by atoms with Crippen LogP contribution in [0.15, 0.2) is 59.6 Å². The van der Waals surface area contributed by atoms with Gasteiger partial charge in [0.25, 0.3) is 0 Å². The van der Waals surface area contributed by atoms with Gasteiger partial charge < -0.3 is 10.6 Å². The molecule has 1 saturated carbocycles. The molecule has 1 heterocycles. The summed E-state index contributed by atoms with van der Waals surface area (Å²) < 4.78 is 0. The Morgan fingerprint density at radius 3 is 2.48 bits per heavy atom. The summed E-state index contributed by atoms with van der Waals surface area (Å²) in [5.74, 6) is 1.58. The predicted octanol–water partition coefficient (Wildman–Crippen LogP) is 4.30. The molecule has 29 heavy (non-hydrogen) atoms. The highest BCUT2D eigenvalue weighted by Gasteiger charge is 2.39. The molecule has 0 bridgehead atoms. The van der Waals surface area contributed by atoms with E-state index in [1.165, 1.54) is 36.0 Å². The van der Waals surface area contributed by atoms with Crippen molar-refractivity contribution >= 4 is 29.9 Å². The van der Waals surface area contributed by atoms with Gasteiger partial charge in [-0.2, -0.15) is 0 Å². The zero-order chi connectivity index (χ0) is 19.3. The number of hydrogen-bond donors (Lipinski definition) is 2. The molecule has 0 radical (unpaired) electrons. The Balaban J connectivity index is 0.00000240. The van der Waals surface area contributed by atoms with Gasteiger partial charge in [-0.25, -0.2) is 0 Å². The fourth-order valence-electron chi connectivity index (χ4n) is 4.27. The Bertz CT molecular complexity index is 800. The van der Waals surface area contributed by atoms with Crippen molar-refractivity contribution in [2.45, 2.75) is 50.7 Å². The van der Waals surface area contributed by atoms with Gasteiger partial charge in [0.2, 0.25) is 0 Å². The molecule has 2 aliphatic rings. The summed E-state index contributed by atoms with van der Waals surface area (Å²) in [5, 5.41) is 7.27. The van der Waals surface area contributed by atoms with Gasteiger partial charge in [0.15, 0.2) is 5.96 Å². The highest BCUT2D eigenvalue weighted by molar-refractivity contribution is 14.0. The standard InChI is InChI=1S/C24H32N4.HI/c1-18-7-6-8-19(15-18)17-28-13-11-21(12-14-28)26-24(25-2)27-23-16-22(23)20-9-4-3-5-10-20;/h3-10,15,21-23H,11-14,16-17H2,1-2H3,(H2,25,26,27);1H. The molecule has 4 nitrogen and oxygen atoms in total. The number of nitrogens with zero attached hydrogens (tertiary/aromatic N) is 2. The average Bonchev–Trinajstić information content (AvgIpc) is 3.49. The first-order chi connectivity index (χ1) is 13.7. The van der Waals surface area contributed by atoms with E-state index in [2.05, 4.69) is 82.0 Å². The fourth-order valence-corrected chi connectivity index (χ4v) is 4.27. The number of nitrogens with one attached hydrogen (secondary N) is 2. The van der Waals surface area contributed by atoms with E-state index in [1.54, 1.807) is 0 Å². The number of piperidine rings is 1. The van der Waals surface area contributed by atoms with Crippen molar-refractivity contribution in [3.05, 3.63) is 71.3 Å². The summed E-state index contributed by atoms with van der Waals surface area (Å²) >= 11 is 0. The van der Waals surface area contributed by atoms with Gasteiger partial charge in [-0.3, -0.25) is 9.89 Å². The van der Waals surface area contributed by atoms with Crippen molar-refractivity contribution in [1.29, 1.82) is 0 Å². The van der Waals surface area contributed by atoms with Crippen LogP contribution in [0, 0.1) is 6.92 Å². The quantitative estimate of drug-likeness (QED) is 0.363. The molecule has 4 rings (SSSR count). The van der Waals surface area contributed by atoms with Crippen molar-refractivity contribution in [3.63, 3.8) is 0 Å². The minimum atomic E-state index is 0. The van der Waals surface area contributed by atoms with Gasteiger partial charge in [0, 0.05) is 44.7 Å². The molecule has 0 spiro atoms. The first-order valence-corrected chi connectivity index (χ1v) is 10.5. The second-order valence-electron chi connectivity index (χ2n) is 8.26. The summed E-state index contributed by atoms with van der Waals surface area (Å²) in [7, 11) is 1.88. The van der Waals surface area contributed by atoms with Crippen LogP contribution in [0.1, 0.15) is 41.9 Å². The third-order valence-corrected chi connectivity index (χ3v) is 5.98. The van der Waals surface area contributed by atoms with Crippen LogP contribution in [0.5, 0.6) is 0 Å². The van der Waals surface area contributed by atoms with Crippen LogP contribution >= 0.6 is 24.0 Å². The van der Waals surface area contributed by atoms with Crippen LogP contribution in [-0.2, 0) is 6.54 Å². The third-order valence-electron chi connectivity index (χ3n) is 5.98. The van der Waals surface area contributed by atoms with Gasteiger partial charge in [-0.05, 0) is 37.3 Å². The number of benzene rings is 2. The van der Waals surface area contributed by atoms with Gasteiger partial charge in [-0.15, -0.1) is 24.0 Å². The Labute approximate surface area is 192 Å². The van der Waals surface area contributed by atoms with E-state index >= 15 is 0 Å². The van der Waals surface area contributed by atoms with E-state index < -0.39 is 0 Å². The van der Waals surface area contributed by atoms with E-state index in [1.807, 2.05) is 7.05 Å². The molecule has 0 aromatic heterocycles. The molecule has 2 N–H and O–H groups in total. The van der Waals surface area contributed by atoms with Crippen molar-refractivity contribution in [3.8, 4) is 0 Å². The molecule has 2 atom stereocenters. The van der Waals surface area contributed by atoms with E-state index in [-0.39, 0.29) is 24.0 Å². The molecular weight excluding hydrogens is 471 g/mol. The molecule has 5 heteroatoms. The molecule has 1 saturated heterocycles. The lowest BCUT2D eigenvalue weighted by molar-refractivity contribution is 0.198. The zero-order valence-corrected chi connectivity index (χ0v) is 19.8. The van der Waals surface area contributed by atoms with E-state index in [9.17, 15) is 0 Å². The van der Waals surface area contributed by atoms with Crippen molar-refractivity contribution in [2.24, 2.45) is 4.99 Å². The van der Waals surface area contributed by atoms with Gasteiger partial charge in [0.1, 0.15) is 0 Å². The Kier molecular flexibility index (Phi) is 7.95. The maximum absolute atomic E-state index is 4.47. The summed E-state index contributed by atoms with van der Waals surface area (Å²) in [6.07, 6.45) is 3.53. The number of guanidine groups is 1. The SMILES string of the molecule is CN=C(NC1CCN(Cc2cccc(C)c2)CC1)NC1CC1c1ccccc1.I. The van der Waals surface area contributed by atoms with Crippen molar-refractivity contribution in [2.75, 3.05) is 20.1 Å². The van der Waals surface area contributed by atoms with Crippen LogP contribution in [0.2, 0.25) is 0 Å². The third kappa shape index (κ3) is 6.19. The van der Waals surface area contributed by atoms with E-state index in [0.29, 0.717) is 18.0 Å². The van der Waals surface area contributed by atoms with Crippen LogP contribution in [0.25, 0.3) is 0 Å². The van der Waals surface area contributed by atoms with Gasteiger partial charge in [0.05, 0.1) is 0 Å². The van der Waals surface area contributed by atoms with Crippen LogP contribution in [-0.4, -0.2) is 43.1 Å². The highest BCUT2D eigenvalue weighted by atomic mass is 127. The minimum absolute atomic E-state index is 0. The van der Waals surface area contributed by atoms with Crippen LogP contribution < -0.4 is 10.6 Å². The molecular formula is C24H33IN4. The molecule has 156 valence electrons. The molecule has 1 aliphatic carbocycles. The van der Waals surface area contributed by atoms with Crippen LogP contribution in [0.4, 0.5) is 0 Å². The Morgan fingerprint density at radius 1 is 1.03 bits per heavy atom. The van der Waals surface area contributed by atoms with Crippen molar-refractivity contribution < 1.29 is 0 Å². The lowest BCUT2D eigenvalue weighted by Gasteiger charge is -2.33. The lowest BCUT2D eigenvalue weighted by Crippen LogP contribution is -2.49. The summed E-state index contributed by atoms with van der Waals surface area (Å²) in [5.41, 5.74) is 4.20. The van der Waals surface area contributed by atoms with Gasteiger partial charge in [-0.1, -0.05) is 60.2 Å². The summed E-state index contributed by atoms with van der Waals surface area (Å²) in [4.78, 5) is 7.03. The first-order valence-electron chi connectivity index (χ1n) is 10.5. The highest BCUT2D eigenvalue weighted by Crippen LogP contribution is 2.40. The lowest BCUT2D eigenvalue weighted by atomic mass is 10.0. The molecule has 2 aromatic rings. The zero-order valence-electron chi connectivity index (χ0n) is 17.5. The first kappa shape index (κ1) is 22.1. The molecule has 0 amide bonds. The Hall–Kier alpha value is -1.60. The van der Waals surface area contributed by atoms with E-state index in [0.717, 1.165) is 25.6 Å². The monoisotopic (exact) mass is 504 g/mol. The van der Waals surface area contributed by atoms with Crippen molar-refractivity contribution in [1.82, 2.24) is 15.5 Å².